The van der Waals surface area contributed by atoms with E-state index < -0.39 is 0 Å². The van der Waals surface area contributed by atoms with Gasteiger partial charge >= 0.3 is 0 Å². The largest absolute Gasteiger partial charge is 0.451 e. The Kier molecular flexibility index (Phi) is 3.82. The van der Waals surface area contributed by atoms with Gasteiger partial charge < -0.3 is 10.2 Å². The molecule has 0 radical (unpaired) electrons. The van der Waals surface area contributed by atoms with E-state index in [2.05, 4.69) is 0 Å². The van der Waals surface area contributed by atoms with Crippen LogP contribution in [0, 0.1) is 0 Å². The highest BCUT2D eigenvalue weighted by Crippen LogP contribution is 2.27. The van der Waals surface area contributed by atoms with Gasteiger partial charge in [-0.1, -0.05) is 23.7 Å². The lowest BCUT2D eigenvalue weighted by Gasteiger charge is -1.95. The number of halogens is 1. The van der Waals surface area contributed by atoms with Gasteiger partial charge in [-0.25, -0.2) is 0 Å². The van der Waals surface area contributed by atoms with Crippen LogP contribution in [0.1, 0.15) is 29.8 Å². The van der Waals surface area contributed by atoms with Crippen LogP contribution in [0.4, 0.5) is 0 Å². The van der Waals surface area contributed by atoms with Gasteiger partial charge in [0.1, 0.15) is 0 Å². The molecule has 0 spiro atoms. The minimum absolute atomic E-state index is 0.00529. The number of carbonyl (C=O) groups excluding carboxylic acids is 1. The predicted octanol–water partition coefficient (Wildman–Crippen LogP) is 3.40. The van der Waals surface area contributed by atoms with Gasteiger partial charge in [-0.15, -0.1) is 0 Å². The van der Waals surface area contributed by atoms with Crippen molar-refractivity contribution in [2.24, 2.45) is 5.73 Å². The molecular weight excluding hydrogens is 238 g/mol. The average Bonchev–Trinajstić information content (AvgIpc) is 2.75. The second kappa shape index (κ2) is 5.34. The Balaban J connectivity index is 2.19. The fraction of sp³-hybridized carbons (Fsp3) is 0.308. The number of Topliss-reactive ketones (excluding diaryl/α,β-unsaturated/α-hetero) is 1. The summed E-state index contributed by atoms with van der Waals surface area (Å²) in [5, 5.41) is 1.39. The SMILES string of the molecule is NCCCCC(=O)c1cc2cccc(Cl)c2o1. The van der Waals surface area contributed by atoms with E-state index in [-0.39, 0.29) is 5.78 Å². The van der Waals surface area contributed by atoms with Crippen molar-refractivity contribution < 1.29 is 9.21 Å². The van der Waals surface area contributed by atoms with Crippen molar-refractivity contribution in [1.82, 2.24) is 0 Å². The molecule has 0 saturated carbocycles. The number of nitrogens with two attached hydrogens (primary N) is 1. The number of hydrogen-bond acceptors (Lipinski definition) is 3. The van der Waals surface area contributed by atoms with Crippen molar-refractivity contribution in [2.45, 2.75) is 19.3 Å². The Morgan fingerprint density at radius 1 is 1.35 bits per heavy atom. The zero-order valence-electron chi connectivity index (χ0n) is 9.41. The maximum absolute atomic E-state index is 11.8. The second-order valence-electron chi connectivity index (χ2n) is 3.94. The van der Waals surface area contributed by atoms with E-state index in [4.69, 9.17) is 21.8 Å². The first-order chi connectivity index (χ1) is 8.22. The second-order valence-corrected chi connectivity index (χ2v) is 4.34. The molecule has 0 unspecified atom stereocenters. The highest BCUT2D eigenvalue weighted by atomic mass is 35.5. The molecular formula is C13H14ClNO2. The Morgan fingerprint density at radius 3 is 2.88 bits per heavy atom. The first kappa shape index (κ1) is 12.1. The summed E-state index contributed by atoms with van der Waals surface area (Å²) in [7, 11) is 0. The summed E-state index contributed by atoms with van der Waals surface area (Å²) in [5.41, 5.74) is 5.96. The number of unbranched alkanes of at least 4 members (excludes halogenated alkanes) is 1. The molecule has 2 rings (SSSR count). The van der Waals surface area contributed by atoms with Crippen LogP contribution in [0.15, 0.2) is 28.7 Å². The smallest absolute Gasteiger partial charge is 0.198 e. The van der Waals surface area contributed by atoms with Crippen molar-refractivity contribution in [1.29, 1.82) is 0 Å². The molecule has 4 heteroatoms. The minimum atomic E-state index is 0.00529. The van der Waals surface area contributed by atoms with Crippen LogP contribution in [0.3, 0.4) is 0 Å². The number of hydrogen-bond donors (Lipinski definition) is 1. The fourth-order valence-electron chi connectivity index (χ4n) is 1.72. The molecule has 90 valence electrons. The number of rotatable bonds is 5. The maximum atomic E-state index is 11.8. The third-order valence-corrected chi connectivity index (χ3v) is 2.93. The minimum Gasteiger partial charge on any atom is -0.451 e. The first-order valence-corrected chi connectivity index (χ1v) is 6.01. The molecule has 3 nitrogen and oxygen atoms in total. The van der Waals surface area contributed by atoms with Crippen molar-refractivity contribution >= 4 is 28.4 Å². The van der Waals surface area contributed by atoms with E-state index in [1.54, 1.807) is 12.1 Å². The Hall–Kier alpha value is -1.32. The number of benzene rings is 1. The molecule has 1 aromatic heterocycles. The summed E-state index contributed by atoms with van der Waals surface area (Å²) >= 11 is 5.98. The van der Waals surface area contributed by atoms with Gasteiger partial charge in [-0.2, -0.15) is 0 Å². The third kappa shape index (κ3) is 2.68. The monoisotopic (exact) mass is 251 g/mol. The molecule has 0 aliphatic heterocycles. The maximum Gasteiger partial charge on any atom is 0.198 e. The number of furan rings is 1. The van der Waals surface area contributed by atoms with Crippen molar-refractivity contribution in [3.05, 3.63) is 35.0 Å². The van der Waals surface area contributed by atoms with E-state index >= 15 is 0 Å². The summed E-state index contributed by atoms with van der Waals surface area (Å²) in [4.78, 5) is 11.8. The number of ketones is 1. The molecule has 0 atom stereocenters. The van der Waals surface area contributed by atoms with Crippen LogP contribution in [-0.4, -0.2) is 12.3 Å². The fourth-order valence-corrected chi connectivity index (χ4v) is 1.94. The summed E-state index contributed by atoms with van der Waals surface area (Å²) in [6, 6.07) is 7.20. The topological polar surface area (TPSA) is 56.2 Å². The van der Waals surface area contributed by atoms with Gasteiger partial charge in [0.05, 0.1) is 5.02 Å². The highest BCUT2D eigenvalue weighted by Gasteiger charge is 2.13. The van der Waals surface area contributed by atoms with E-state index in [1.807, 2.05) is 12.1 Å². The molecule has 0 amide bonds. The zero-order chi connectivity index (χ0) is 12.3. The number of para-hydroxylation sites is 1. The molecule has 0 saturated heterocycles. The standard InChI is InChI=1S/C13H14ClNO2/c14-10-5-3-4-9-8-12(17-13(9)10)11(16)6-1-2-7-15/h3-5,8H,1-2,6-7,15H2. The normalized spacial score (nSPS) is 10.9. The molecule has 0 bridgehead atoms. The first-order valence-electron chi connectivity index (χ1n) is 5.63. The van der Waals surface area contributed by atoms with Crippen LogP contribution in [0.2, 0.25) is 5.02 Å². The van der Waals surface area contributed by atoms with Gasteiger partial charge in [0.25, 0.3) is 0 Å². The van der Waals surface area contributed by atoms with E-state index in [0.717, 1.165) is 18.2 Å². The number of fused-ring (bicyclic) bond motifs is 1. The van der Waals surface area contributed by atoms with Gasteiger partial charge in [0.15, 0.2) is 17.1 Å². The molecule has 1 aromatic carbocycles. The van der Waals surface area contributed by atoms with Crippen molar-refractivity contribution in [2.75, 3.05) is 6.54 Å². The van der Waals surface area contributed by atoms with Gasteiger partial charge in [0, 0.05) is 11.8 Å². The Labute approximate surface area is 105 Å². The summed E-state index contributed by atoms with van der Waals surface area (Å²) in [6.45, 7) is 0.610. The molecule has 0 aliphatic rings. The Bertz CT molecular complexity index is 533. The van der Waals surface area contributed by atoms with E-state index in [1.165, 1.54) is 0 Å². The molecule has 2 aromatic rings. The molecule has 0 aliphatic carbocycles. The lowest BCUT2D eigenvalue weighted by atomic mass is 10.1. The van der Waals surface area contributed by atoms with Crippen LogP contribution in [-0.2, 0) is 0 Å². The predicted molar refractivity (Wildman–Crippen MR) is 68.5 cm³/mol. The van der Waals surface area contributed by atoms with Crippen molar-refractivity contribution in [3.8, 4) is 0 Å². The molecule has 17 heavy (non-hydrogen) atoms. The summed E-state index contributed by atoms with van der Waals surface area (Å²) < 4.78 is 5.48. The number of carbonyl (C=O) groups is 1. The van der Waals surface area contributed by atoms with E-state index in [0.29, 0.717) is 29.3 Å². The lowest BCUT2D eigenvalue weighted by molar-refractivity contribution is 0.0955. The van der Waals surface area contributed by atoms with Crippen LogP contribution in [0.5, 0.6) is 0 Å². The van der Waals surface area contributed by atoms with Gasteiger partial charge in [-0.05, 0) is 31.5 Å². The zero-order valence-corrected chi connectivity index (χ0v) is 10.2. The Morgan fingerprint density at radius 2 is 2.18 bits per heavy atom. The van der Waals surface area contributed by atoms with Crippen LogP contribution >= 0.6 is 11.6 Å². The van der Waals surface area contributed by atoms with Gasteiger partial charge in [-0.3, -0.25) is 4.79 Å². The molecule has 1 heterocycles. The highest BCUT2D eigenvalue weighted by molar-refractivity contribution is 6.34. The average molecular weight is 252 g/mol. The summed E-state index contributed by atoms with van der Waals surface area (Å²) in [6.07, 6.45) is 2.11. The molecule has 0 fully saturated rings. The molecule has 2 N–H and O–H groups in total. The van der Waals surface area contributed by atoms with Gasteiger partial charge in [0.2, 0.25) is 0 Å². The lowest BCUT2D eigenvalue weighted by Crippen LogP contribution is -2.01. The van der Waals surface area contributed by atoms with Crippen LogP contribution < -0.4 is 5.73 Å². The third-order valence-electron chi connectivity index (χ3n) is 2.63. The van der Waals surface area contributed by atoms with Crippen molar-refractivity contribution in [3.63, 3.8) is 0 Å². The summed E-state index contributed by atoms with van der Waals surface area (Å²) in [5.74, 6) is 0.385. The van der Waals surface area contributed by atoms with Crippen LogP contribution in [0.25, 0.3) is 11.0 Å². The quantitative estimate of drug-likeness (QED) is 0.655. The van der Waals surface area contributed by atoms with E-state index in [9.17, 15) is 4.79 Å².